The molecule has 1 saturated heterocycles. The Bertz CT molecular complexity index is 495. The van der Waals surface area contributed by atoms with Crippen molar-refractivity contribution in [3.05, 3.63) is 29.8 Å². The number of amides is 1. The second-order valence-corrected chi connectivity index (χ2v) is 5.27. The van der Waals surface area contributed by atoms with E-state index in [1.54, 1.807) is 4.90 Å². The molecule has 0 bridgehead atoms. The largest absolute Gasteiger partial charge is 0.481 e. The summed E-state index contributed by atoms with van der Waals surface area (Å²) in [6, 6.07) is 3.04. The zero-order valence-corrected chi connectivity index (χ0v) is 12.1. The third-order valence-electron chi connectivity index (χ3n) is 3.61. The van der Waals surface area contributed by atoms with Gasteiger partial charge in [-0.3, -0.25) is 4.79 Å². The fourth-order valence-electron chi connectivity index (χ4n) is 2.57. The summed E-state index contributed by atoms with van der Waals surface area (Å²) >= 11 is 0. The lowest BCUT2D eigenvalue weighted by molar-refractivity contribution is -0.135. The predicted octanol–water partition coefficient (Wildman–Crippen LogP) is 1.80. The van der Waals surface area contributed by atoms with Gasteiger partial charge in [0.25, 0.3) is 5.91 Å². The molecule has 1 aromatic carbocycles. The molecule has 0 saturated carbocycles. The molecule has 0 aliphatic carbocycles. The van der Waals surface area contributed by atoms with Gasteiger partial charge in [-0.2, -0.15) is 0 Å². The van der Waals surface area contributed by atoms with Gasteiger partial charge in [0.2, 0.25) is 0 Å². The second kappa shape index (κ2) is 7.36. The first-order chi connectivity index (χ1) is 10.1. The molecule has 1 amide bonds. The lowest BCUT2D eigenvalue weighted by Crippen LogP contribution is -2.44. The van der Waals surface area contributed by atoms with Crippen LogP contribution in [0, 0.1) is 17.6 Å². The van der Waals surface area contributed by atoms with Crippen LogP contribution in [0.4, 0.5) is 8.78 Å². The predicted molar refractivity (Wildman–Crippen MR) is 75.1 cm³/mol. The number of nitrogens with zero attached hydrogens (tertiary/aromatic N) is 1. The summed E-state index contributed by atoms with van der Waals surface area (Å²) in [6.07, 6.45) is 2.06. The van der Waals surface area contributed by atoms with E-state index in [9.17, 15) is 13.6 Å². The van der Waals surface area contributed by atoms with E-state index >= 15 is 0 Å². The molecule has 1 atom stereocenters. The Morgan fingerprint density at radius 2 is 2.29 bits per heavy atom. The topological polar surface area (TPSA) is 41.6 Å². The maximum Gasteiger partial charge on any atom is 0.260 e. The molecular formula is C15H20F2N2O2. The molecule has 0 unspecified atom stereocenters. The molecular weight excluding hydrogens is 278 g/mol. The SMILES string of the molecule is CNC[C@@H]1CCCN(C(=O)COc2ccc(F)cc2F)C1. The highest BCUT2D eigenvalue weighted by atomic mass is 19.1. The van der Waals surface area contributed by atoms with Crippen LogP contribution in [0.1, 0.15) is 12.8 Å². The van der Waals surface area contributed by atoms with Gasteiger partial charge in [-0.1, -0.05) is 0 Å². The van der Waals surface area contributed by atoms with Gasteiger partial charge >= 0.3 is 0 Å². The molecule has 6 heteroatoms. The Morgan fingerprint density at radius 1 is 1.48 bits per heavy atom. The van der Waals surface area contributed by atoms with E-state index in [2.05, 4.69) is 5.32 Å². The van der Waals surface area contributed by atoms with E-state index in [0.29, 0.717) is 19.0 Å². The van der Waals surface area contributed by atoms with E-state index < -0.39 is 11.6 Å². The van der Waals surface area contributed by atoms with Crippen LogP contribution in [0.15, 0.2) is 18.2 Å². The Kier molecular flexibility index (Phi) is 5.50. The van der Waals surface area contributed by atoms with Gasteiger partial charge in [0, 0.05) is 19.2 Å². The average Bonchev–Trinajstić information content (AvgIpc) is 2.47. The van der Waals surface area contributed by atoms with Crippen LogP contribution >= 0.6 is 0 Å². The highest BCUT2D eigenvalue weighted by Crippen LogP contribution is 2.19. The molecule has 1 aliphatic rings. The number of carbonyl (C=O) groups is 1. The number of likely N-dealkylation sites (tertiary alicyclic amines) is 1. The molecule has 0 spiro atoms. The lowest BCUT2D eigenvalue weighted by atomic mass is 9.98. The maximum absolute atomic E-state index is 13.4. The monoisotopic (exact) mass is 298 g/mol. The lowest BCUT2D eigenvalue weighted by Gasteiger charge is -2.32. The zero-order chi connectivity index (χ0) is 15.2. The van der Waals surface area contributed by atoms with Crippen molar-refractivity contribution in [2.75, 3.05) is 33.3 Å². The van der Waals surface area contributed by atoms with Gasteiger partial charge in [-0.25, -0.2) is 8.78 Å². The van der Waals surface area contributed by atoms with E-state index in [-0.39, 0.29) is 18.3 Å². The smallest absolute Gasteiger partial charge is 0.260 e. The van der Waals surface area contributed by atoms with Crippen molar-refractivity contribution in [3.8, 4) is 5.75 Å². The fourth-order valence-corrected chi connectivity index (χ4v) is 2.57. The van der Waals surface area contributed by atoms with Crippen molar-refractivity contribution in [1.29, 1.82) is 0 Å². The minimum absolute atomic E-state index is 0.103. The first-order valence-corrected chi connectivity index (χ1v) is 7.10. The van der Waals surface area contributed by atoms with Crippen molar-refractivity contribution in [3.63, 3.8) is 0 Å². The molecule has 2 rings (SSSR count). The van der Waals surface area contributed by atoms with Crippen molar-refractivity contribution in [2.45, 2.75) is 12.8 Å². The van der Waals surface area contributed by atoms with E-state index in [4.69, 9.17) is 4.74 Å². The molecule has 0 radical (unpaired) electrons. The highest BCUT2D eigenvalue weighted by Gasteiger charge is 2.23. The summed E-state index contributed by atoms with van der Waals surface area (Å²) in [6.45, 7) is 2.04. The zero-order valence-electron chi connectivity index (χ0n) is 12.1. The number of halogens is 2. The van der Waals surface area contributed by atoms with E-state index in [1.807, 2.05) is 7.05 Å². The average molecular weight is 298 g/mol. The number of nitrogens with one attached hydrogen (secondary N) is 1. The number of rotatable bonds is 5. The Morgan fingerprint density at radius 3 is 3.00 bits per heavy atom. The number of benzene rings is 1. The minimum atomic E-state index is -0.797. The molecule has 1 N–H and O–H groups in total. The van der Waals surface area contributed by atoms with Gasteiger partial charge in [0.1, 0.15) is 5.82 Å². The number of hydrogen-bond acceptors (Lipinski definition) is 3. The van der Waals surface area contributed by atoms with Crippen molar-refractivity contribution in [1.82, 2.24) is 10.2 Å². The van der Waals surface area contributed by atoms with Gasteiger partial charge in [-0.15, -0.1) is 0 Å². The van der Waals surface area contributed by atoms with Crippen LogP contribution in [0.5, 0.6) is 5.75 Å². The highest BCUT2D eigenvalue weighted by molar-refractivity contribution is 5.77. The maximum atomic E-state index is 13.4. The van der Waals surface area contributed by atoms with Crippen LogP contribution in [-0.2, 0) is 4.79 Å². The first-order valence-electron chi connectivity index (χ1n) is 7.10. The Balaban J connectivity index is 1.86. The quantitative estimate of drug-likeness (QED) is 0.901. The van der Waals surface area contributed by atoms with E-state index in [0.717, 1.165) is 31.5 Å². The summed E-state index contributed by atoms with van der Waals surface area (Å²) < 4.78 is 31.3. The standard InChI is InChI=1S/C15H20F2N2O2/c1-18-8-11-3-2-6-19(9-11)15(20)10-21-14-5-4-12(16)7-13(14)17/h4-5,7,11,18H,2-3,6,8-10H2,1H3/t11-/m0/s1. The van der Waals surface area contributed by atoms with E-state index in [1.165, 1.54) is 6.07 Å². The summed E-state index contributed by atoms with van der Waals surface area (Å²) in [5.74, 6) is -1.30. The summed E-state index contributed by atoms with van der Waals surface area (Å²) in [5.41, 5.74) is 0. The molecule has 0 aromatic heterocycles. The number of carbonyl (C=O) groups excluding carboxylic acids is 1. The number of ether oxygens (including phenoxy) is 1. The van der Waals surface area contributed by atoms with Crippen LogP contribution < -0.4 is 10.1 Å². The third kappa shape index (κ3) is 4.39. The number of piperidine rings is 1. The summed E-state index contributed by atoms with van der Waals surface area (Å²) in [5, 5.41) is 3.11. The molecule has 4 nitrogen and oxygen atoms in total. The van der Waals surface area contributed by atoms with Crippen LogP contribution in [0.3, 0.4) is 0 Å². The van der Waals surface area contributed by atoms with Gasteiger partial charge in [-0.05, 0) is 44.5 Å². The first kappa shape index (κ1) is 15.7. The van der Waals surface area contributed by atoms with Crippen molar-refractivity contribution < 1.29 is 18.3 Å². The molecule has 1 fully saturated rings. The van der Waals surface area contributed by atoms with Gasteiger partial charge in [0.15, 0.2) is 18.2 Å². The fraction of sp³-hybridized carbons (Fsp3) is 0.533. The van der Waals surface area contributed by atoms with Crippen LogP contribution in [0.25, 0.3) is 0 Å². The molecule has 1 aliphatic heterocycles. The summed E-state index contributed by atoms with van der Waals surface area (Å²) in [4.78, 5) is 13.8. The summed E-state index contributed by atoms with van der Waals surface area (Å²) in [7, 11) is 1.89. The molecule has 1 heterocycles. The molecule has 1 aromatic rings. The third-order valence-corrected chi connectivity index (χ3v) is 3.61. The van der Waals surface area contributed by atoms with Crippen molar-refractivity contribution >= 4 is 5.91 Å². The minimum Gasteiger partial charge on any atom is -0.481 e. The van der Waals surface area contributed by atoms with Gasteiger partial charge in [0.05, 0.1) is 0 Å². The molecule has 21 heavy (non-hydrogen) atoms. The van der Waals surface area contributed by atoms with Crippen molar-refractivity contribution in [2.24, 2.45) is 5.92 Å². The van der Waals surface area contributed by atoms with Crippen LogP contribution in [-0.4, -0.2) is 44.1 Å². The normalized spacial score (nSPS) is 18.6. The Hall–Kier alpha value is -1.69. The Labute approximate surface area is 123 Å². The van der Waals surface area contributed by atoms with Crippen LogP contribution in [0.2, 0.25) is 0 Å². The number of hydrogen-bond donors (Lipinski definition) is 1. The second-order valence-electron chi connectivity index (χ2n) is 5.27. The van der Waals surface area contributed by atoms with Gasteiger partial charge < -0.3 is 15.0 Å². The molecule has 116 valence electrons.